The molecule has 1 heteroatoms. The Hall–Kier alpha value is -1.24. The van der Waals surface area contributed by atoms with Crippen molar-refractivity contribution in [3.8, 4) is 0 Å². The SMILES string of the molecule is Cc1cccc2cc(C(C)C)n(C)c12. The molecule has 0 spiro atoms. The van der Waals surface area contributed by atoms with Gasteiger partial charge >= 0.3 is 0 Å². The molecule has 1 heterocycles. The summed E-state index contributed by atoms with van der Waals surface area (Å²) < 4.78 is 2.31. The zero-order valence-corrected chi connectivity index (χ0v) is 9.33. The van der Waals surface area contributed by atoms with Crippen LogP contribution in [0.15, 0.2) is 24.3 Å². The lowest BCUT2D eigenvalue weighted by Crippen LogP contribution is -1.98. The van der Waals surface area contributed by atoms with E-state index in [9.17, 15) is 0 Å². The Morgan fingerprint density at radius 3 is 2.50 bits per heavy atom. The zero-order valence-electron chi connectivity index (χ0n) is 9.33. The highest BCUT2D eigenvalue weighted by atomic mass is 14.9. The van der Waals surface area contributed by atoms with Crippen LogP contribution in [-0.4, -0.2) is 4.57 Å². The third-order valence-corrected chi connectivity index (χ3v) is 2.89. The maximum absolute atomic E-state index is 2.31. The number of aryl methyl sites for hydroxylation is 2. The van der Waals surface area contributed by atoms with Crippen LogP contribution in [-0.2, 0) is 7.05 Å². The topological polar surface area (TPSA) is 4.93 Å². The first kappa shape index (κ1) is 9.32. The third kappa shape index (κ3) is 1.24. The van der Waals surface area contributed by atoms with Crippen LogP contribution in [0.5, 0.6) is 0 Å². The van der Waals surface area contributed by atoms with Crippen molar-refractivity contribution in [2.45, 2.75) is 26.7 Å². The molecule has 1 aromatic heterocycles. The molecule has 2 rings (SSSR count). The van der Waals surface area contributed by atoms with Gasteiger partial charge < -0.3 is 4.57 Å². The highest BCUT2D eigenvalue weighted by Gasteiger charge is 2.09. The minimum absolute atomic E-state index is 0.590. The molecule has 2 aromatic rings. The minimum atomic E-state index is 0.590. The fourth-order valence-corrected chi connectivity index (χ4v) is 2.20. The number of nitrogens with zero attached hydrogens (tertiary/aromatic N) is 1. The molecule has 0 amide bonds. The number of hydrogen-bond donors (Lipinski definition) is 0. The van der Waals surface area contributed by atoms with E-state index in [0.717, 1.165) is 0 Å². The Balaban J connectivity index is 2.81. The van der Waals surface area contributed by atoms with Crippen LogP contribution in [0.25, 0.3) is 10.9 Å². The molecule has 0 radical (unpaired) electrons. The van der Waals surface area contributed by atoms with Crippen molar-refractivity contribution in [3.05, 3.63) is 35.5 Å². The van der Waals surface area contributed by atoms with Gasteiger partial charge in [-0.1, -0.05) is 32.0 Å². The predicted molar refractivity (Wildman–Crippen MR) is 61.7 cm³/mol. The van der Waals surface area contributed by atoms with E-state index in [4.69, 9.17) is 0 Å². The summed E-state index contributed by atoms with van der Waals surface area (Å²) in [5, 5.41) is 1.36. The van der Waals surface area contributed by atoms with Gasteiger partial charge in [-0.2, -0.15) is 0 Å². The van der Waals surface area contributed by atoms with Crippen molar-refractivity contribution >= 4 is 10.9 Å². The molecular weight excluding hydrogens is 170 g/mol. The molecule has 0 aliphatic rings. The van der Waals surface area contributed by atoms with Crippen LogP contribution < -0.4 is 0 Å². The summed E-state index contributed by atoms with van der Waals surface area (Å²) >= 11 is 0. The van der Waals surface area contributed by atoms with Crippen LogP contribution in [0.4, 0.5) is 0 Å². The lowest BCUT2D eigenvalue weighted by Gasteiger charge is -2.08. The quantitative estimate of drug-likeness (QED) is 0.642. The van der Waals surface area contributed by atoms with Gasteiger partial charge in [0.1, 0.15) is 0 Å². The second kappa shape index (κ2) is 3.16. The lowest BCUT2D eigenvalue weighted by molar-refractivity contribution is 0.754. The third-order valence-electron chi connectivity index (χ3n) is 2.89. The van der Waals surface area contributed by atoms with E-state index < -0.39 is 0 Å². The van der Waals surface area contributed by atoms with Crippen molar-refractivity contribution in [2.75, 3.05) is 0 Å². The summed E-state index contributed by atoms with van der Waals surface area (Å²) in [5.74, 6) is 0.590. The highest BCUT2D eigenvalue weighted by molar-refractivity contribution is 5.84. The van der Waals surface area contributed by atoms with Crippen LogP contribution in [0.1, 0.15) is 31.0 Å². The molecule has 0 atom stereocenters. The van der Waals surface area contributed by atoms with Crippen LogP contribution in [0.2, 0.25) is 0 Å². The summed E-state index contributed by atoms with van der Waals surface area (Å²) in [4.78, 5) is 0. The fourth-order valence-electron chi connectivity index (χ4n) is 2.20. The molecule has 0 aliphatic heterocycles. The summed E-state index contributed by atoms with van der Waals surface area (Å²) in [6, 6.07) is 8.79. The second-order valence-electron chi connectivity index (χ2n) is 4.30. The summed E-state index contributed by atoms with van der Waals surface area (Å²) in [6.07, 6.45) is 0. The molecule has 14 heavy (non-hydrogen) atoms. The van der Waals surface area contributed by atoms with E-state index in [2.05, 4.69) is 56.7 Å². The average molecular weight is 187 g/mol. The van der Waals surface area contributed by atoms with E-state index in [1.807, 2.05) is 0 Å². The molecule has 0 fully saturated rings. The molecule has 74 valence electrons. The van der Waals surface area contributed by atoms with Crippen LogP contribution in [0, 0.1) is 6.92 Å². The Morgan fingerprint density at radius 2 is 1.93 bits per heavy atom. The zero-order chi connectivity index (χ0) is 10.3. The summed E-state index contributed by atoms with van der Waals surface area (Å²) in [7, 11) is 2.16. The van der Waals surface area contributed by atoms with Gasteiger partial charge in [0.25, 0.3) is 0 Å². The number of rotatable bonds is 1. The predicted octanol–water partition coefficient (Wildman–Crippen LogP) is 3.61. The number of fused-ring (bicyclic) bond motifs is 1. The van der Waals surface area contributed by atoms with Crippen LogP contribution >= 0.6 is 0 Å². The number of para-hydroxylation sites is 1. The Morgan fingerprint density at radius 1 is 1.21 bits per heavy atom. The van der Waals surface area contributed by atoms with Crippen molar-refractivity contribution in [2.24, 2.45) is 7.05 Å². The van der Waals surface area contributed by atoms with Crippen molar-refractivity contribution in [1.82, 2.24) is 4.57 Å². The molecule has 0 saturated carbocycles. The maximum Gasteiger partial charge on any atom is 0.0509 e. The number of benzene rings is 1. The Kier molecular flexibility index (Phi) is 2.10. The van der Waals surface area contributed by atoms with Crippen molar-refractivity contribution < 1.29 is 0 Å². The molecule has 0 saturated heterocycles. The van der Waals surface area contributed by atoms with Gasteiger partial charge in [0.2, 0.25) is 0 Å². The van der Waals surface area contributed by atoms with Gasteiger partial charge in [0.05, 0.1) is 5.52 Å². The minimum Gasteiger partial charge on any atom is -0.347 e. The molecule has 0 unspecified atom stereocenters. The van der Waals surface area contributed by atoms with E-state index in [-0.39, 0.29) is 0 Å². The standard InChI is InChI=1S/C13H17N/c1-9(2)12-8-11-7-5-6-10(3)13(11)14(12)4/h5-9H,1-4H3. The van der Waals surface area contributed by atoms with E-state index in [1.165, 1.54) is 22.2 Å². The monoisotopic (exact) mass is 187 g/mol. The van der Waals surface area contributed by atoms with Gasteiger partial charge in [-0.25, -0.2) is 0 Å². The molecule has 0 bridgehead atoms. The second-order valence-corrected chi connectivity index (χ2v) is 4.30. The van der Waals surface area contributed by atoms with E-state index >= 15 is 0 Å². The molecule has 0 aliphatic carbocycles. The summed E-state index contributed by atoms with van der Waals surface area (Å²) in [6.45, 7) is 6.65. The first-order valence-electron chi connectivity index (χ1n) is 5.16. The average Bonchev–Trinajstić information content (AvgIpc) is 2.45. The van der Waals surface area contributed by atoms with Crippen molar-refractivity contribution in [1.29, 1.82) is 0 Å². The van der Waals surface area contributed by atoms with Crippen LogP contribution in [0.3, 0.4) is 0 Å². The first-order chi connectivity index (χ1) is 6.61. The smallest absolute Gasteiger partial charge is 0.0509 e. The Labute approximate surface area is 85.4 Å². The van der Waals surface area contributed by atoms with Gasteiger partial charge in [0, 0.05) is 18.1 Å². The van der Waals surface area contributed by atoms with Gasteiger partial charge in [-0.05, 0) is 24.5 Å². The van der Waals surface area contributed by atoms with Crippen molar-refractivity contribution in [3.63, 3.8) is 0 Å². The molecule has 1 aromatic carbocycles. The fraction of sp³-hybridized carbons (Fsp3) is 0.385. The highest BCUT2D eigenvalue weighted by Crippen LogP contribution is 2.26. The number of hydrogen-bond acceptors (Lipinski definition) is 0. The largest absolute Gasteiger partial charge is 0.347 e. The summed E-state index contributed by atoms with van der Waals surface area (Å²) in [5.41, 5.74) is 4.14. The maximum atomic E-state index is 2.31. The van der Waals surface area contributed by atoms with Gasteiger partial charge in [0.15, 0.2) is 0 Å². The molecule has 0 N–H and O–H groups in total. The number of aromatic nitrogens is 1. The Bertz CT molecular complexity index is 463. The van der Waals surface area contributed by atoms with Gasteiger partial charge in [-0.3, -0.25) is 0 Å². The normalized spacial score (nSPS) is 11.5. The van der Waals surface area contributed by atoms with Gasteiger partial charge in [-0.15, -0.1) is 0 Å². The molecule has 1 nitrogen and oxygen atoms in total. The van der Waals surface area contributed by atoms with E-state index in [0.29, 0.717) is 5.92 Å². The van der Waals surface area contributed by atoms with E-state index in [1.54, 1.807) is 0 Å². The lowest BCUT2D eigenvalue weighted by atomic mass is 10.1. The molecular formula is C13H17N. The first-order valence-corrected chi connectivity index (χ1v) is 5.16.